The summed E-state index contributed by atoms with van der Waals surface area (Å²) in [6, 6.07) is 9.48. The van der Waals surface area contributed by atoms with Gasteiger partial charge in [-0.1, -0.05) is 53.9 Å². The van der Waals surface area contributed by atoms with E-state index in [-0.39, 0.29) is 0 Å². The molecular weight excluding hydrogens is 347 g/mol. The largest absolute Gasteiger partial charge is 0.369 e. The number of aromatic nitrogens is 1. The van der Waals surface area contributed by atoms with Crippen LogP contribution in [-0.2, 0) is 5.75 Å². The Morgan fingerprint density at radius 1 is 1.10 bits per heavy atom. The monoisotopic (exact) mass is 360 g/mol. The van der Waals surface area contributed by atoms with E-state index < -0.39 is 0 Å². The second kappa shape index (κ2) is 8.14. The van der Waals surface area contributed by atoms with Crippen molar-refractivity contribution in [1.29, 1.82) is 0 Å². The summed E-state index contributed by atoms with van der Waals surface area (Å²) < 4.78 is 0. The number of nitrogens with one attached hydrogen (secondary N) is 1. The topological polar surface area (TPSA) is 24.9 Å². The zero-order valence-corrected chi connectivity index (χ0v) is 14.6. The average Bonchev–Trinajstić information content (AvgIpc) is 2.47. The van der Waals surface area contributed by atoms with Crippen molar-refractivity contribution in [3.63, 3.8) is 0 Å². The summed E-state index contributed by atoms with van der Waals surface area (Å²) in [6.07, 6.45) is 1.01. The molecule has 0 aliphatic heterocycles. The van der Waals surface area contributed by atoms with Crippen molar-refractivity contribution in [2.24, 2.45) is 0 Å². The number of thioether (sulfide) groups is 1. The molecule has 6 heteroatoms. The summed E-state index contributed by atoms with van der Waals surface area (Å²) in [5.74, 6) is 1.46. The molecule has 0 fully saturated rings. The molecule has 0 saturated carbocycles. The number of hydrogen-bond donors (Lipinski definition) is 1. The summed E-state index contributed by atoms with van der Waals surface area (Å²) in [7, 11) is 0. The zero-order valence-electron chi connectivity index (χ0n) is 11.5. The Hall–Kier alpha value is -0.610. The standard InChI is InChI=1S/C15H15Cl3N2S/c1-2-7-19-14-12(17)8-13(18)15(20-14)21-9-10-3-5-11(16)6-4-10/h3-6,8H,2,7,9H2,1H3,(H,19,20). The molecule has 0 spiro atoms. The lowest BCUT2D eigenvalue weighted by Gasteiger charge is -2.10. The first-order chi connectivity index (χ1) is 10.1. The van der Waals surface area contributed by atoms with Crippen LogP contribution < -0.4 is 5.32 Å². The quantitative estimate of drug-likeness (QED) is 0.624. The van der Waals surface area contributed by atoms with Crippen molar-refractivity contribution in [2.75, 3.05) is 11.9 Å². The number of halogens is 3. The maximum Gasteiger partial charge on any atom is 0.146 e. The first-order valence-electron chi connectivity index (χ1n) is 6.57. The predicted octanol–water partition coefficient (Wildman–Crippen LogP) is 6.16. The van der Waals surface area contributed by atoms with Crippen molar-refractivity contribution < 1.29 is 0 Å². The van der Waals surface area contributed by atoms with Crippen molar-refractivity contribution >= 4 is 52.4 Å². The van der Waals surface area contributed by atoms with Gasteiger partial charge in [-0.25, -0.2) is 4.98 Å². The summed E-state index contributed by atoms with van der Waals surface area (Å²) >= 11 is 19.8. The van der Waals surface area contributed by atoms with Crippen LogP contribution in [0.2, 0.25) is 15.1 Å². The fourth-order valence-corrected chi connectivity index (χ4v) is 3.21. The number of hydrogen-bond acceptors (Lipinski definition) is 3. The molecule has 0 unspecified atom stereocenters. The Morgan fingerprint density at radius 3 is 2.48 bits per heavy atom. The Balaban J connectivity index is 2.09. The molecule has 0 amide bonds. The third-order valence-electron chi connectivity index (χ3n) is 2.73. The van der Waals surface area contributed by atoms with Gasteiger partial charge >= 0.3 is 0 Å². The van der Waals surface area contributed by atoms with Crippen molar-refractivity contribution in [1.82, 2.24) is 4.98 Å². The summed E-state index contributed by atoms with van der Waals surface area (Å²) in [5, 5.41) is 5.83. The van der Waals surface area contributed by atoms with Crippen molar-refractivity contribution in [2.45, 2.75) is 24.1 Å². The van der Waals surface area contributed by atoms with Gasteiger partial charge in [-0.2, -0.15) is 0 Å². The van der Waals surface area contributed by atoms with Crippen molar-refractivity contribution in [3.8, 4) is 0 Å². The fraction of sp³-hybridized carbons (Fsp3) is 0.267. The highest BCUT2D eigenvalue weighted by Gasteiger charge is 2.10. The third kappa shape index (κ3) is 4.96. The molecule has 0 aliphatic rings. The number of pyridine rings is 1. The molecule has 2 aromatic rings. The SMILES string of the molecule is CCCNc1nc(SCc2ccc(Cl)cc2)c(Cl)cc1Cl. The van der Waals surface area contributed by atoms with Gasteiger partial charge in [0.05, 0.1) is 10.0 Å². The number of rotatable bonds is 6. The molecule has 1 aromatic heterocycles. The maximum atomic E-state index is 6.21. The molecule has 2 nitrogen and oxygen atoms in total. The minimum absolute atomic E-state index is 0.546. The Labute approximate surface area is 144 Å². The van der Waals surface area contributed by atoms with Gasteiger partial charge in [0.2, 0.25) is 0 Å². The maximum absolute atomic E-state index is 6.21. The molecule has 1 N–H and O–H groups in total. The van der Waals surface area contributed by atoms with E-state index in [0.29, 0.717) is 15.9 Å². The van der Waals surface area contributed by atoms with E-state index in [0.717, 1.165) is 28.8 Å². The normalized spacial score (nSPS) is 10.7. The molecule has 0 atom stereocenters. The van der Waals surface area contributed by atoms with Gasteiger partial charge in [0.1, 0.15) is 10.8 Å². The molecule has 1 heterocycles. The molecule has 0 bridgehead atoms. The van der Waals surface area contributed by atoms with Crippen LogP contribution in [0.25, 0.3) is 0 Å². The molecular formula is C15H15Cl3N2S. The summed E-state index contributed by atoms with van der Waals surface area (Å²) in [4.78, 5) is 4.50. The second-order valence-corrected chi connectivity index (χ2v) is 6.66. The van der Waals surface area contributed by atoms with Crippen LogP contribution in [0.1, 0.15) is 18.9 Å². The molecule has 0 radical (unpaired) electrons. The Kier molecular flexibility index (Phi) is 6.49. The minimum atomic E-state index is 0.546. The number of nitrogens with zero attached hydrogens (tertiary/aromatic N) is 1. The van der Waals surface area contributed by atoms with E-state index in [1.807, 2.05) is 24.3 Å². The van der Waals surface area contributed by atoms with Crippen molar-refractivity contribution in [3.05, 3.63) is 51.0 Å². The van der Waals surface area contributed by atoms with Crippen LogP contribution in [-0.4, -0.2) is 11.5 Å². The molecule has 1 aromatic carbocycles. The highest BCUT2D eigenvalue weighted by atomic mass is 35.5. The fourth-order valence-electron chi connectivity index (χ4n) is 1.65. The lowest BCUT2D eigenvalue weighted by Crippen LogP contribution is -2.03. The van der Waals surface area contributed by atoms with Crippen LogP contribution in [0, 0.1) is 0 Å². The number of anilines is 1. The van der Waals surface area contributed by atoms with Crippen LogP contribution in [0.4, 0.5) is 5.82 Å². The van der Waals surface area contributed by atoms with Gasteiger partial charge in [0.25, 0.3) is 0 Å². The van der Waals surface area contributed by atoms with Crippen LogP contribution in [0.5, 0.6) is 0 Å². The minimum Gasteiger partial charge on any atom is -0.369 e. The molecule has 21 heavy (non-hydrogen) atoms. The highest BCUT2D eigenvalue weighted by Crippen LogP contribution is 2.33. The average molecular weight is 362 g/mol. The summed E-state index contributed by atoms with van der Waals surface area (Å²) in [6.45, 7) is 2.92. The predicted molar refractivity (Wildman–Crippen MR) is 94.1 cm³/mol. The highest BCUT2D eigenvalue weighted by molar-refractivity contribution is 7.98. The van der Waals surface area contributed by atoms with E-state index in [1.54, 1.807) is 17.8 Å². The molecule has 0 aliphatic carbocycles. The first-order valence-corrected chi connectivity index (χ1v) is 8.69. The van der Waals surface area contributed by atoms with Gasteiger partial charge in [-0.3, -0.25) is 0 Å². The van der Waals surface area contributed by atoms with E-state index in [2.05, 4.69) is 17.2 Å². The molecule has 0 saturated heterocycles. The molecule has 112 valence electrons. The second-order valence-electron chi connectivity index (χ2n) is 4.45. The number of benzene rings is 1. The van der Waals surface area contributed by atoms with Gasteiger partial charge < -0.3 is 5.32 Å². The van der Waals surface area contributed by atoms with E-state index in [1.165, 1.54) is 5.56 Å². The van der Waals surface area contributed by atoms with E-state index in [9.17, 15) is 0 Å². The first kappa shape index (κ1) is 16.8. The van der Waals surface area contributed by atoms with Gasteiger partial charge in [-0.15, -0.1) is 11.8 Å². The summed E-state index contributed by atoms with van der Waals surface area (Å²) in [5.41, 5.74) is 1.17. The lowest BCUT2D eigenvalue weighted by atomic mass is 10.2. The third-order valence-corrected chi connectivity index (χ3v) is 4.73. The van der Waals surface area contributed by atoms with E-state index in [4.69, 9.17) is 34.8 Å². The van der Waals surface area contributed by atoms with Crippen LogP contribution >= 0.6 is 46.6 Å². The van der Waals surface area contributed by atoms with Gasteiger partial charge in [0, 0.05) is 17.3 Å². The lowest BCUT2D eigenvalue weighted by molar-refractivity contribution is 0.960. The van der Waals surface area contributed by atoms with Gasteiger partial charge in [-0.05, 0) is 30.2 Å². The zero-order chi connectivity index (χ0) is 15.2. The van der Waals surface area contributed by atoms with Crippen LogP contribution in [0.15, 0.2) is 35.4 Å². The van der Waals surface area contributed by atoms with Crippen LogP contribution in [0.3, 0.4) is 0 Å². The Bertz CT molecular complexity index is 603. The van der Waals surface area contributed by atoms with Gasteiger partial charge in [0.15, 0.2) is 0 Å². The Morgan fingerprint density at radius 2 is 1.81 bits per heavy atom. The smallest absolute Gasteiger partial charge is 0.146 e. The molecule has 2 rings (SSSR count). The van der Waals surface area contributed by atoms with E-state index >= 15 is 0 Å².